The van der Waals surface area contributed by atoms with Crippen molar-refractivity contribution in [3.05, 3.63) is 29.8 Å². The molecule has 2 unspecified atom stereocenters. The number of aryl methyl sites for hydroxylation is 1. The summed E-state index contributed by atoms with van der Waals surface area (Å²) < 4.78 is 27.1. The van der Waals surface area contributed by atoms with Crippen LogP contribution in [0.5, 0.6) is 0 Å². The predicted molar refractivity (Wildman–Crippen MR) is 74.1 cm³/mol. The Morgan fingerprint density at radius 2 is 1.80 bits per heavy atom. The Kier molecular flexibility index (Phi) is 4.29. The summed E-state index contributed by atoms with van der Waals surface area (Å²) in [6, 6.07) is 5.80. The van der Waals surface area contributed by atoms with Gasteiger partial charge in [-0.2, -0.15) is 0 Å². The number of amides is 1. The highest BCUT2D eigenvalue weighted by molar-refractivity contribution is 7.89. The van der Waals surface area contributed by atoms with Gasteiger partial charge in [0.25, 0.3) is 0 Å². The average Bonchev–Trinajstić information content (AvgIpc) is 2.75. The molecular weight excluding hydrogens is 280 g/mol. The van der Waals surface area contributed by atoms with E-state index in [0.29, 0.717) is 12.8 Å². The van der Waals surface area contributed by atoms with Crippen LogP contribution in [0.1, 0.15) is 24.8 Å². The van der Waals surface area contributed by atoms with Gasteiger partial charge in [0.2, 0.25) is 10.0 Å². The molecule has 1 aromatic carbocycles. The molecule has 20 heavy (non-hydrogen) atoms. The first kappa shape index (κ1) is 14.8. The van der Waals surface area contributed by atoms with E-state index in [1.807, 2.05) is 6.92 Å². The van der Waals surface area contributed by atoms with Crippen molar-refractivity contribution in [3.8, 4) is 0 Å². The van der Waals surface area contributed by atoms with E-state index in [1.54, 1.807) is 24.3 Å². The summed E-state index contributed by atoms with van der Waals surface area (Å²) in [5, 5.41) is 11.1. The van der Waals surface area contributed by atoms with Crippen LogP contribution in [0.15, 0.2) is 29.2 Å². The van der Waals surface area contributed by atoms with E-state index in [4.69, 9.17) is 5.11 Å². The van der Waals surface area contributed by atoms with Crippen molar-refractivity contribution in [1.29, 1.82) is 0 Å². The van der Waals surface area contributed by atoms with Gasteiger partial charge in [-0.25, -0.2) is 17.9 Å². The maximum Gasteiger partial charge on any atom is 0.404 e. The summed E-state index contributed by atoms with van der Waals surface area (Å²) in [5.74, 6) is 0. The molecule has 1 saturated carbocycles. The Morgan fingerprint density at radius 1 is 1.20 bits per heavy atom. The summed E-state index contributed by atoms with van der Waals surface area (Å²) in [6.07, 6.45) is 0.951. The third kappa shape index (κ3) is 3.49. The molecule has 2 atom stereocenters. The zero-order chi connectivity index (χ0) is 14.8. The molecule has 1 aliphatic carbocycles. The van der Waals surface area contributed by atoms with Crippen molar-refractivity contribution in [2.24, 2.45) is 0 Å². The van der Waals surface area contributed by atoms with E-state index in [2.05, 4.69) is 10.0 Å². The smallest absolute Gasteiger partial charge is 0.404 e. The second kappa shape index (κ2) is 5.80. The quantitative estimate of drug-likeness (QED) is 0.784. The van der Waals surface area contributed by atoms with Crippen LogP contribution in [0, 0.1) is 6.92 Å². The lowest BCUT2D eigenvalue weighted by molar-refractivity contribution is 0.188. The minimum absolute atomic E-state index is 0.198. The molecule has 1 fully saturated rings. The first-order chi connectivity index (χ1) is 9.38. The molecular formula is C13H18N2O4S. The van der Waals surface area contributed by atoms with Gasteiger partial charge in [-0.05, 0) is 38.3 Å². The molecule has 0 aromatic heterocycles. The molecule has 7 heteroatoms. The Labute approximate surface area is 118 Å². The van der Waals surface area contributed by atoms with Gasteiger partial charge in [-0.1, -0.05) is 17.7 Å². The second-order valence-corrected chi connectivity index (χ2v) is 6.74. The van der Waals surface area contributed by atoms with E-state index in [0.717, 1.165) is 12.0 Å². The Bertz CT molecular complexity index is 583. The molecule has 110 valence electrons. The van der Waals surface area contributed by atoms with Crippen molar-refractivity contribution in [2.45, 2.75) is 43.2 Å². The summed E-state index contributed by atoms with van der Waals surface area (Å²) >= 11 is 0. The zero-order valence-electron chi connectivity index (χ0n) is 11.2. The SMILES string of the molecule is Cc1ccc(S(=O)(=O)NC2CCCC2NC(=O)O)cc1. The molecule has 6 nitrogen and oxygen atoms in total. The van der Waals surface area contributed by atoms with Crippen LogP contribution >= 0.6 is 0 Å². The number of carboxylic acid groups (broad SMARTS) is 1. The van der Waals surface area contributed by atoms with Gasteiger partial charge in [0, 0.05) is 12.1 Å². The molecule has 2 rings (SSSR count). The van der Waals surface area contributed by atoms with Crippen LogP contribution < -0.4 is 10.0 Å². The van der Waals surface area contributed by atoms with Gasteiger partial charge >= 0.3 is 6.09 Å². The zero-order valence-corrected chi connectivity index (χ0v) is 12.0. The second-order valence-electron chi connectivity index (χ2n) is 5.03. The molecule has 0 saturated heterocycles. The van der Waals surface area contributed by atoms with Crippen LogP contribution in [0.25, 0.3) is 0 Å². The van der Waals surface area contributed by atoms with Crippen LogP contribution in [0.4, 0.5) is 4.79 Å². The minimum Gasteiger partial charge on any atom is -0.465 e. The highest BCUT2D eigenvalue weighted by atomic mass is 32.2. The van der Waals surface area contributed by atoms with E-state index >= 15 is 0 Å². The van der Waals surface area contributed by atoms with Gasteiger partial charge in [0.15, 0.2) is 0 Å². The number of rotatable bonds is 4. The minimum atomic E-state index is -3.61. The normalized spacial score (nSPS) is 22.6. The first-order valence-electron chi connectivity index (χ1n) is 6.47. The van der Waals surface area contributed by atoms with Crippen molar-refractivity contribution in [1.82, 2.24) is 10.0 Å². The van der Waals surface area contributed by atoms with Crippen LogP contribution in [-0.2, 0) is 10.0 Å². The number of benzene rings is 1. The number of nitrogens with one attached hydrogen (secondary N) is 2. The monoisotopic (exact) mass is 298 g/mol. The molecule has 1 aromatic rings. The summed E-state index contributed by atoms with van der Waals surface area (Å²) in [4.78, 5) is 10.9. The lowest BCUT2D eigenvalue weighted by Gasteiger charge is -2.20. The number of hydrogen-bond acceptors (Lipinski definition) is 3. The topological polar surface area (TPSA) is 95.5 Å². The van der Waals surface area contributed by atoms with Gasteiger partial charge in [0.05, 0.1) is 4.90 Å². The Hall–Kier alpha value is -1.60. The average molecular weight is 298 g/mol. The molecule has 0 heterocycles. The maximum absolute atomic E-state index is 12.2. The van der Waals surface area contributed by atoms with Crippen molar-refractivity contribution in [3.63, 3.8) is 0 Å². The fraction of sp³-hybridized carbons (Fsp3) is 0.462. The molecule has 0 aliphatic heterocycles. The summed E-state index contributed by atoms with van der Waals surface area (Å²) in [6.45, 7) is 1.88. The van der Waals surface area contributed by atoms with Gasteiger partial charge in [-0.15, -0.1) is 0 Å². The van der Waals surface area contributed by atoms with Gasteiger partial charge < -0.3 is 10.4 Å². The van der Waals surface area contributed by atoms with E-state index in [-0.39, 0.29) is 10.9 Å². The molecule has 0 spiro atoms. The highest BCUT2D eigenvalue weighted by Crippen LogP contribution is 2.21. The largest absolute Gasteiger partial charge is 0.465 e. The first-order valence-corrected chi connectivity index (χ1v) is 7.95. The third-order valence-corrected chi connectivity index (χ3v) is 4.97. The van der Waals surface area contributed by atoms with Gasteiger partial charge in [0.1, 0.15) is 0 Å². The maximum atomic E-state index is 12.2. The van der Waals surface area contributed by atoms with Crippen molar-refractivity contribution < 1.29 is 18.3 Å². The number of sulfonamides is 1. The van der Waals surface area contributed by atoms with Crippen LogP contribution in [0.3, 0.4) is 0 Å². The summed E-state index contributed by atoms with van der Waals surface area (Å²) in [5.41, 5.74) is 0.982. The standard InChI is InChI=1S/C13H18N2O4S/c1-9-5-7-10(8-6-9)20(18,19)15-12-4-2-3-11(12)14-13(16)17/h5-8,11-12,14-15H,2-4H2,1H3,(H,16,17). The molecule has 1 amide bonds. The van der Waals surface area contributed by atoms with Crippen LogP contribution in [0.2, 0.25) is 0 Å². The van der Waals surface area contributed by atoms with Gasteiger partial charge in [-0.3, -0.25) is 0 Å². The van der Waals surface area contributed by atoms with Crippen LogP contribution in [-0.4, -0.2) is 31.7 Å². The van der Waals surface area contributed by atoms with E-state index in [1.165, 1.54) is 0 Å². The van der Waals surface area contributed by atoms with Crippen molar-refractivity contribution >= 4 is 16.1 Å². The third-order valence-electron chi connectivity index (χ3n) is 3.46. The Morgan fingerprint density at radius 3 is 2.40 bits per heavy atom. The molecule has 0 radical (unpaired) electrons. The predicted octanol–water partition coefficient (Wildman–Crippen LogP) is 1.46. The summed E-state index contributed by atoms with van der Waals surface area (Å²) in [7, 11) is -3.61. The fourth-order valence-corrected chi connectivity index (χ4v) is 3.73. The van der Waals surface area contributed by atoms with E-state index in [9.17, 15) is 13.2 Å². The lowest BCUT2D eigenvalue weighted by atomic mass is 10.2. The highest BCUT2D eigenvalue weighted by Gasteiger charge is 2.32. The number of carbonyl (C=O) groups is 1. The fourth-order valence-electron chi connectivity index (χ4n) is 2.42. The van der Waals surface area contributed by atoms with Crippen molar-refractivity contribution in [2.75, 3.05) is 0 Å². The Balaban J connectivity index is 2.11. The molecule has 3 N–H and O–H groups in total. The molecule has 0 bridgehead atoms. The molecule has 1 aliphatic rings. The lowest BCUT2D eigenvalue weighted by Crippen LogP contribution is -2.48. The van der Waals surface area contributed by atoms with E-state index < -0.39 is 22.2 Å². The number of hydrogen-bond donors (Lipinski definition) is 3.